The van der Waals surface area contributed by atoms with Crippen molar-refractivity contribution in [3.63, 3.8) is 0 Å². The number of nitrogens with two attached hydrogens (primary N) is 1. The van der Waals surface area contributed by atoms with Gasteiger partial charge in [-0.05, 0) is 31.6 Å². The topological polar surface area (TPSA) is 84.1 Å². The molecule has 6 nitrogen and oxygen atoms in total. The zero-order valence-electron chi connectivity index (χ0n) is 10.2. The molecular weight excluding hydrogens is 230 g/mol. The maximum absolute atomic E-state index is 12.4. The van der Waals surface area contributed by atoms with E-state index in [1.54, 1.807) is 0 Å². The van der Waals surface area contributed by atoms with Gasteiger partial charge in [-0.25, -0.2) is 15.8 Å². The summed E-state index contributed by atoms with van der Waals surface area (Å²) in [5.74, 6) is 6.39. The standard InChI is InChI=1S/C12H17N5O/c13-16-11-6-14-10(5-15-11)12(18)17(9-3-4-9)7-8-1-2-8/h5-6,8-9H,1-4,7,13H2,(H,15,16). The van der Waals surface area contributed by atoms with Gasteiger partial charge >= 0.3 is 0 Å². The van der Waals surface area contributed by atoms with E-state index in [-0.39, 0.29) is 5.91 Å². The van der Waals surface area contributed by atoms with E-state index in [0.29, 0.717) is 23.5 Å². The van der Waals surface area contributed by atoms with E-state index >= 15 is 0 Å². The monoisotopic (exact) mass is 247 g/mol. The highest BCUT2D eigenvalue weighted by Crippen LogP contribution is 2.35. The molecule has 2 aliphatic carbocycles. The Hall–Kier alpha value is -1.69. The number of hydrogen-bond donors (Lipinski definition) is 2. The number of anilines is 1. The number of nitrogen functional groups attached to an aromatic ring is 1. The molecule has 96 valence electrons. The number of aromatic nitrogens is 2. The first-order chi connectivity index (χ1) is 8.78. The van der Waals surface area contributed by atoms with E-state index in [1.807, 2.05) is 4.90 Å². The Kier molecular flexibility index (Phi) is 2.87. The third-order valence-corrected chi connectivity index (χ3v) is 3.42. The fraction of sp³-hybridized carbons (Fsp3) is 0.583. The predicted octanol–water partition coefficient (Wildman–Crippen LogP) is 0.777. The van der Waals surface area contributed by atoms with Gasteiger partial charge in [0.1, 0.15) is 5.69 Å². The second kappa shape index (κ2) is 4.53. The van der Waals surface area contributed by atoms with Crippen LogP contribution in [-0.2, 0) is 0 Å². The zero-order valence-corrected chi connectivity index (χ0v) is 10.2. The highest BCUT2D eigenvalue weighted by molar-refractivity contribution is 5.92. The second-order valence-corrected chi connectivity index (χ2v) is 5.06. The van der Waals surface area contributed by atoms with Gasteiger partial charge in [0.25, 0.3) is 5.91 Å². The average Bonchev–Trinajstić information content (AvgIpc) is 3.28. The summed E-state index contributed by atoms with van der Waals surface area (Å²) in [6, 6.07) is 0.423. The minimum atomic E-state index is 0.000437. The second-order valence-electron chi connectivity index (χ2n) is 5.06. The fourth-order valence-corrected chi connectivity index (χ4v) is 2.02. The lowest BCUT2D eigenvalue weighted by Gasteiger charge is -2.21. The Balaban J connectivity index is 1.73. The van der Waals surface area contributed by atoms with Crippen LogP contribution in [0, 0.1) is 5.92 Å². The number of carbonyl (C=O) groups excluding carboxylic acids is 1. The third-order valence-electron chi connectivity index (χ3n) is 3.42. The summed E-state index contributed by atoms with van der Waals surface area (Å²) < 4.78 is 0. The maximum Gasteiger partial charge on any atom is 0.274 e. The quantitative estimate of drug-likeness (QED) is 0.593. The molecule has 0 atom stereocenters. The largest absolute Gasteiger partial charge is 0.334 e. The summed E-state index contributed by atoms with van der Waals surface area (Å²) in [4.78, 5) is 22.5. The molecule has 1 aromatic rings. The van der Waals surface area contributed by atoms with Gasteiger partial charge in [0.05, 0.1) is 12.4 Å². The highest BCUT2D eigenvalue weighted by atomic mass is 16.2. The summed E-state index contributed by atoms with van der Waals surface area (Å²) in [6.45, 7) is 0.877. The van der Waals surface area contributed by atoms with Gasteiger partial charge in [-0.15, -0.1) is 0 Å². The van der Waals surface area contributed by atoms with Crippen LogP contribution in [0.25, 0.3) is 0 Å². The van der Waals surface area contributed by atoms with Gasteiger partial charge in [-0.2, -0.15) is 0 Å². The molecule has 0 aliphatic heterocycles. The van der Waals surface area contributed by atoms with Crippen LogP contribution in [0.2, 0.25) is 0 Å². The van der Waals surface area contributed by atoms with E-state index in [1.165, 1.54) is 25.2 Å². The van der Waals surface area contributed by atoms with Crippen LogP contribution in [0.5, 0.6) is 0 Å². The van der Waals surface area contributed by atoms with Crippen molar-refractivity contribution < 1.29 is 4.79 Å². The van der Waals surface area contributed by atoms with Crippen molar-refractivity contribution in [1.82, 2.24) is 14.9 Å². The summed E-state index contributed by atoms with van der Waals surface area (Å²) in [5.41, 5.74) is 2.81. The third kappa shape index (κ3) is 2.43. The lowest BCUT2D eigenvalue weighted by atomic mass is 10.3. The molecule has 2 aliphatic rings. The normalized spacial score (nSPS) is 18.5. The molecule has 6 heteroatoms. The van der Waals surface area contributed by atoms with Gasteiger partial charge in [0.2, 0.25) is 0 Å². The van der Waals surface area contributed by atoms with E-state index in [4.69, 9.17) is 5.84 Å². The fourth-order valence-electron chi connectivity index (χ4n) is 2.02. The van der Waals surface area contributed by atoms with Crippen LogP contribution in [0.4, 0.5) is 5.82 Å². The first-order valence-corrected chi connectivity index (χ1v) is 6.37. The molecule has 0 unspecified atom stereocenters. The Labute approximate surface area is 106 Å². The summed E-state index contributed by atoms with van der Waals surface area (Å²) in [6.07, 6.45) is 7.70. The summed E-state index contributed by atoms with van der Waals surface area (Å²) >= 11 is 0. The molecule has 3 N–H and O–H groups in total. The summed E-state index contributed by atoms with van der Waals surface area (Å²) in [7, 11) is 0. The van der Waals surface area contributed by atoms with Crippen molar-refractivity contribution >= 4 is 11.7 Å². The maximum atomic E-state index is 12.4. The van der Waals surface area contributed by atoms with Crippen molar-refractivity contribution in [3.05, 3.63) is 18.1 Å². The molecule has 18 heavy (non-hydrogen) atoms. The first kappa shape index (κ1) is 11.4. The molecule has 2 saturated carbocycles. The van der Waals surface area contributed by atoms with Gasteiger partial charge in [0.15, 0.2) is 5.82 Å². The van der Waals surface area contributed by atoms with Gasteiger partial charge in [0, 0.05) is 12.6 Å². The molecule has 0 spiro atoms. The Bertz CT molecular complexity index is 438. The Morgan fingerprint density at radius 2 is 2.11 bits per heavy atom. The minimum absolute atomic E-state index is 0.000437. The number of carbonyl (C=O) groups is 1. The molecule has 3 rings (SSSR count). The molecule has 1 aromatic heterocycles. The van der Waals surface area contributed by atoms with Gasteiger partial charge in [-0.3, -0.25) is 4.79 Å². The van der Waals surface area contributed by atoms with Crippen LogP contribution < -0.4 is 11.3 Å². The van der Waals surface area contributed by atoms with Crippen molar-refractivity contribution in [2.45, 2.75) is 31.7 Å². The van der Waals surface area contributed by atoms with E-state index in [9.17, 15) is 4.79 Å². The number of hydrogen-bond acceptors (Lipinski definition) is 5. The molecule has 0 bridgehead atoms. The number of hydrazine groups is 1. The SMILES string of the molecule is NNc1cnc(C(=O)N(CC2CC2)C2CC2)cn1. The first-order valence-electron chi connectivity index (χ1n) is 6.37. The van der Waals surface area contributed by atoms with Gasteiger partial charge < -0.3 is 10.3 Å². The number of nitrogens with zero attached hydrogens (tertiary/aromatic N) is 3. The van der Waals surface area contributed by atoms with Crippen molar-refractivity contribution in [2.75, 3.05) is 12.0 Å². The Morgan fingerprint density at radius 3 is 2.61 bits per heavy atom. The summed E-state index contributed by atoms with van der Waals surface area (Å²) in [5, 5.41) is 0. The van der Waals surface area contributed by atoms with Crippen LogP contribution >= 0.6 is 0 Å². The van der Waals surface area contributed by atoms with Crippen molar-refractivity contribution in [1.29, 1.82) is 0 Å². The molecule has 0 radical (unpaired) electrons. The lowest BCUT2D eigenvalue weighted by Crippen LogP contribution is -2.35. The lowest BCUT2D eigenvalue weighted by molar-refractivity contribution is 0.0728. The predicted molar refractivity (Wildman–Crippen MR) is 66.6 cm³/mol. The smallest absolute Gasteiger partial charge is 0.274 e. The number of amides is 1. The van der Waals surface area contributed by atoms with Crippen LogP contribution in [0.15, 0.2) is 12.4 Å². The molecule has 2 fully saturated rings. The number of rotatable bonds is 5. The van der Waals surface area contributed by atoms with E-state index in [2.05, 4.69) is 15.4 Å². The number of nitrogens with one attached hydrogen (secondary N) is 1. The molecular formula is C12H17N5O. The highest BCUT2D eigenvalue weighted by Gasteiger charge is 2.37. The average molecular weight is 247 g/mol. The van der Waals surface area contributed by atoms with Crippen LogP contribution in [-0.4, -0.2) is 33.4 Å². The van der Waals surface area contributed by atoms with E-state index in [0.717, 1.165) is 19.4 Å². The molecule has 1 amide bonds. The van der Waals surface area contributed by atoms with E-state index < -0.39 is 0 Å². The molecule has 0 aromatic carbocycles. The molecule has 1 heterocycles. The van der Waals surface area contributed by atoms with Crippen LogP contribution in [0.1, 0.15) is 36.2 Å². The zero-order chi connectivity index (χ0) is 12.5. The van der Waals surface area contributed by atoms with Gasteiger partial charge in [-0.1, -0.05) is 0 Å². The minimum Gasteiger partial charge on any atom is -0.334 e. The Morgan fingerprint density at radius 1 is 1.33 bits per heavy atom. The van der Waals surface area contributed by atoms with Crippen molar-refractivity contribution in [3.8, 4) is 0 Å². The molecule has 0 saturated heterocycles. The van der Waals surface area contributed by atoms with Crippen molar-refractivity contribution in [2.24, 2.45) is 11.8 Å². The van der Waals surface area contributed by atoms with Crippen LogP contribution in [0.3, 0.4) is 0 Å².